The van der Waals surface area contributed by atoms with Gasteiger partial charge in [-0.25, -0.2) is 0 Å². The van der Waals surface area contributed by atoms with Crippen LogP contribution in [0.1, 0.15) is 20.9 Å². The van der Waals surface area contributed by atoms with Crippen molar-refractivity contribution in [1.29, 1.82) is 0 Å². The highest BCUT2D eigenvalue weighted by Gasteiger charge is 2.03. The van der Waals surface area contributed by atoms with Crippen molar-refractivity contribution in [1.82, 2.24) is 0 Å². The summed E-state index contributed by atoms with van der Waals surface area (Å²) in [5.41, 5.74) is 2.75. The van der Waals surface area contributed by atoms with E-state index in [1.54, 1.807) is 0 Å². The highest BCUT2D eigenvalue weighted by Crippen LogP contribution is 2.23. The molecule has 0 radical (unpaired) electrons. The molecule has 1 heterocycles. The largest absolute Gasteiger partial charge is 0.146 e. The molecule has 0 atom stereocenters. The maximum atomic E-state index is 5.85. The average Bonchev–Trinajstić information content (AvgIpc) is 2.49. The first-order valence-electron chi connectivity index (χ1n) is 4.95. The molecule has 15 heavy (non-hydrogen) atoms. The highest BCUT2D eigenvalue weighted by molar-refractivity contribution is 7.12. The van der Waals surface area contributed by atoms with Crippen LogP contribution in [-0.4, -0.2) is 0 Å². The predicted molar refractivity (Wildman–Crippen MR) is 68.1 cm³/mol. The van der Waals surface area contributed by atoms with E-state index in [0.29, 0.717) is 0 Å². The molecule has 0 saturated heterocycles. The van der Waals surface area contributed by atoms with E-state index in [4.69, 9.17) is 11.6 Å². The van der Waals surface area contributed by atoms with Gasteiger partial charge in [0.15, 0.2) is 0 Å². The maximum absolute atomic E-state index is 5.85. The van der Waals surface area contributed by atoms with Gasteiger partial charge in [-0.1, -0.05) is 23.7 Å². The van der Waals surface area contributed by atoms with Crippen LogP contribution < -0.4 is 0 Å². The molecule has 0 saturated carbocycles. The van der Waals surface area contributed by atoms with Crippen LogP contribution in [0, 0.1) is 13.8 Å². The molecule has 2 rings (SSSR count). The molecule has 1 aromatic carbocycles. The Hall–Kier alpha value is -0.790. The van der Waals surface area contributed by atoms with Crippen LogP contribution >= 0.6 is 22.9 Å². The summed E-state index contributed by atoms with van der Waals surface area (Å²) in [6.45, 7) is 4.34. The Morgan fingerprint density at radius 2 is 1.80 bits per heavy atom. The van der Waals surface area contributed by atoms with E-state index in [1.165, 1.54) is 20.9 Å². The zero-order valence-electron chi connectivity index (χ0n) is 8.88. The van der Waals surface area contributed by atoms with Crippen molar-refractivity contribution in [2.24, 2.45) is 0 Å². The molecule has 2 aromatic rings. The second-order valence-corrected chi connectivity index (χ2v) is 5.64. The van der Waals surface area contributed by atoms with Crippen molar-refractivity contribution in [3.05, 3.63) is 56.2 Å². The minimum atomic E-state index is 0.803. The van der Waals surface area contributed by atoms with Gasteiger partial charge >= 0.3 is 0 Å². The summed E-state index contributed by atoms with van der Waals surface area (Å²) < 4.78 is 0. The van der Waals surface area contributed by atoms with Gasteiger partial charge in [0.05, 0.1) is 0 Å². The monoisotopic (exact) mass is 236 g/mol. The lowest BCUT2D eigenvalue weighted by Gasteiger charge is -2.00. The first kappa shape index (κ1) is 10.7. The van der Waals surface area contributed by atoms with Crippen molar-refractivity contribution in [2.45, 2.75) is 20.3 Å². The van der Waals surface area contributed by atoms with Gasteiger partial charge in [-0.2, -0.15) is 0 Å². The Kier molecular flexibility index (Phi) is 3.13. The molecule has 0 amide bonds. The molecule has 0 unspecified atom stereocenters. The van der Waals surface area contributed by atoms with Gasteiger partial charge in [0, 0.05) is 14.8 Å². The van der Waals surface area contributed by atoms with Crippen molar-refractivity contribution >= 4 is 22.9 Å². The molecular weight excluding hydrogens is 224 g/mol. The smallest absolute Gasteiger partial charge is 0.0406 e. The van der Waals surface area contributed by atoms with Crippen molar-refractivity contribution in [3.8, 4) is 0 Å². The summed E-state index contributed by atoms with van der Waals surface area (Å²) in [6, 6.07) is 10.4. The van der Waals surface area contributed by atoms with Gasteiger partial charge in [-0.05, 0) is 49.6 Å². The second kappa shape index (κ2) is 4.38. The molecule has 0 aliphatic carbocycles. The molecule has 1 aromatic heterocycles. The number of hydrogen-bond donors (Lipinski definition) is 0. The van der Waals surface area contributed by atoms with E-state index in [9.17, 15) is 0 Å². The summed E-state index contributed by atoms with van der Waals surface area (Å²) >= 11 is 7.72. The van der Waals surface area contributed by atoms with Crippen molar-refractivity contribution < 1.29 is 0 Å². The third-order valence-corrected chi connectivity index (χ3v) is 3.71. The van der Waals surface area contributed by atoms with E-state index in [1.807, 2.05) is 23.5 Å². The number of thiophene rings is 1. The molecule has 0 aliphatic heterocycles. The Morgan fingerprint density at radius 1 is 1.13 bits per heavy atom. The minimum absolute atomic E-state index is 0.803. The topological polar surface area (TPSA) is 0 Å². The molecule has 0 nitrogen and oxygen atoms in total. The van der Waals surface area contributed by atoms with Gasteiger partial charge in [-0.15, -0.1) is 11.3 Å². The van der Waals surface area contributed by atoms with Crippen molar-refractivity contribution in [2.75, 3.05) is 0 Å². The van der Waals surface area contributed by atoms with E-state index in [0.717, 1.165) is 11.4 Å². The first-order chi connectivity index (χ1) is 7.15. The second-order valence-electron chi connectivity index (χ2n) is 3.74. The fourth-order valence-electron chi connectivity index (χ4n) is 1.68. The van der Waals surface area contributed by atoms with E-state index >= 15 is 0 Å². The quantitative estimate of drug-likeness (QED) is 0.715. The minimum Gasteiger partial charge on any atom is -0.146 e. The average molecular weight is 237 g/mol. The SMILES string of the molecule is Cc1cc(Cc2ccc(Cl)cc2)c(C)s1. The molecule has 0 aliphatic rings. The molecule has 2 heteroatoms. The molecule has 0 fully saturated rings. The van der Waals surface area contributed by atoms with Gasteiger partial charge < -0.3 is 0 Å². The number of rotatable bonds is 2. The fraction of sp³-hybridized carbons (Fsp3) is 0.231. The van der Waals surface area contributed by atoms with Crippen LogP contribution in [0.15, 0.2) is 30.3 Å². The highest BCUT2D eigenvalue weighted by atomic mass is 35.5. The standard InChI is InChI=1S/C13H13ClS/c1-9-7-12(10(2)15-9)8-11-3-5-13(14)6-4-11/h3-7H,8H2,1-2H3. The van der Waals surface area contributed by atoms with Crippen LogP contribution in [0.2, 0.25) is 5.02 Å². The maximum Gasteiger partial charge on any atom is 0.0406 e. The summed E-state index contributed by atoms with van der Waals surface area (Å²) in [7, 11) is 0. The van der Waals surface area contributed by atoms with Crippen LogP contribution in [0.4, 0.5) is 0 Å². The molecule has 78 valence electrons. The summed E-state index contributed by atoms with van der Waals surface area (Å²) in [6.07, 6.45) is 1.01. The number of halogens is 1. The van der Waals surface area contributed by atoms with Gasteiger partial charge in [-0.3, -0.25) is 0 Å². The van der Waals surface area contributed by atoms with Crippen LogP contribution in [0.25, 0.3) is 0 Å². The van der Waals surface area contributed by atoms with Gasteiger partial charge in [0.2, 0.25) is 0 Å². The Labute approximate surface area is 99.5 Å². The fourth-order valence-corrected chi connectivity index (χ4v) is 2.75. The zero-order chi connectivity index (χ0) is 10.8. The van der Waals surface area contributed by atoms with Crippen LogP contribution in [-0.2, 0) is 6.42 Å². The Morgan fingerprint density at radius 3 is 2.33 bits per heavy atom. The Balaban J connectivity index is 2.21. The van der Waals surface area contributed by atoms with Crippen LogP contribution in [0.3, 0.4) is 0 Å². The lowest BCUT2D eigenvalue weighted by atomic mass is 10.1. The number of hydrogen-bond acceptors (Lipinski definition) is 1. The molecule has 0 bridgehead atoms. The van der Waals surface area contributed by atoms with Gasteiger partial charge in [0.1, 0.15) is 0 Å². The summed E-state index contributed by atoms with van der Waals surface area (Å²) in [4.78, 5) is 2.80. The summed E-state index contributed by atoms with van der Waals surface area (Å²) in [5, 5.41) is 0.803. The molecule has 0 N–H and O–H groups in total. The molecular formula is C13H13ClS. The lowest BCUT2D eigenvalue weighted by Crippen LogP contribution is -1.86. The van der Waals surface area contributed by atoms with E-state index in [-0.39, 0.29) is 0 Å². The summed E-state index contributed by atoms with van der Waals surface area (Å²) in [5.74, 6) is 0. The normalized spacial score (nSPS) is 10.6. The third kappa shape index (κ3) is 2.61. The first-order valence-corrected chi connectivity index (χ1v) is 6.15. The molecule has 0 spiro atoms. The van der Waals surface area contributed by atoms with Crippen LogP contribution in [0.5, 0.6) is 0 Å². The number of aryl methyl sites for hydroxylation is 2. The number of benzene rings is 1. The van der Waals surface area contributed by atoms with E-state index < -0.39 is 0 Å². The van der Waals surface area contributed by atoms with Crippen molar-refractivity contribution in [3.63, 3.8) is 0 Å². The third-order valence-electron chi connectivity index (χ3n) is 2.45. The zero-order valence-corrected chi connectivity index (χ0v) is 10.5. The van der Waals surface area contributed by atoms with Gasteiger partial charge in [0.25, 0.3) is 0 Å². The van der Waals surface area contributed by atoms with E-state index in [2.05, 4.69) is 32.0 Å². The Bertz CT molecular complexity index is 454. The predicted octanol–water partition coefficient (Wildman–Crippen LogP) is 4.61. The lowest BCUT2D eigenvalue weighted by molar-refractivity contribution is 1.18.